The molecule has 2 saturated heterocycles. The molecular formula is C18H24N2O3. The van der Waals surface area contributed by atoms with Crippen LogP contribution in [0.25, 0.3) is 0 Å². The van der Waals surface area contributed by atoms with Gasteiger partial charge in [0.15, 0.2) is 0 Å². The van der Waals surface area contributed by atoms with Crippen LogP contribution in [0.15, 0.2) is 24.3 Å². The smallest absolute Gasteiger partial charge is 0.251 e. The molecule has 2 atom stereocenters. The number of amides is 2. The van der Waals surface area contributed by atoms with Crippen molar-refractivity contribution in [2.45, 2.75) is 51.1 Å². The van der Waals surface area contributed by atoms with Crippen LogP contribution in [0.5, 0.6) is 0 Å². The van der Waals surface area contributed by atoms with Crippen molar-refractivity contribution in [2.24, 2.45) is 0 Å². The molecule has 0 aliphatic carbocycles. The van der Waals surface area contributed by atoms with Crippen LogP contribution in [0.2, 0.25) is 0 Å². The van der Waals surface area contributed by atoms with Crippen molar-refractivity contribution in [1.82, 2.24) is 4.90 Å². The highest BCUT2D eigenvalue weighted by molar-refractivity contribution is 6.22. The first kappa shape index (κ1) is 16.1. The number of likely N-dealkylation sites (tertiary alicyclic amines) is 1. The third-order valence-corrected chi connectivity index (χ3v) is 4.95. The molecule has 23 heavy (non-hydrogen) atoms. The number of benzene rings is 1. The second kappa shape index (κ2) is 6.81. The van der Waals surface area contributed by atoms with Crippen molar-refractivity contribution in [1.29, 1.82) is 0 Å². The number of anilines is 1. The summed E-state index contributed by atoms with van der Waals surface area (Å²) in [5, 5.41) is 9.26. The van der Waals surface area contributed by atoms with Gasteiger partial charge in [-0.3, -0.25) is 14.5 Å². The Morgan fingerprint density at radius 2 is 1.91 bits per heavy atom. The molecule has 1 aromatic rings. The van der Waals surface area contributed by atoms with Crippen molar-refractivity contribution >= 4 is 17.5 Å². The second-order valence-electron chi connectivity index (χ2n) is 6.52. The van der Waals surface area contributed by atoms with Crippen molar-refractivity contribution in [2.75, 3.05) is 18.1 Å². The molecule has 2 aliphatic heterocycles. The zero-order chi connectivity index (χ0) is 16.4. The first-order valence-electron chi connectivity index (χ1n) is 8.42. The Kier molecular flexibility index (Phi) is 4.78. The molecule has 2 amide bonds. The van der Waals surface area contributed by atoms with E-state index in [1.807, 2.05) is 31.2 Å². The van der Waals surface area contributed by atoms with Crippen LogP contribution in [-0.2, 0) is 9.59 Å². The molecule has 2 fully saturated rings. The lowest BCUT2D eigenvalue weighted by Gasteiger charge is -2.38. The molecule has 2 heterocycles. The fourth-order valence-electron chi connectivity index (χ4n) is 3.73. The van der Waals surface area contributed by atoms with Gasteiger partial charge in [0.2, 0.25) is 5.91 Å². The first-order valence-corrected chi connectivity index (χ1v) is 8.42. The molecule has 0 aromatic heterocycles. The minimum Gasteiger partial charge on any atom is -0.396 e. The Bertz CT molecular complexity index is 582. The molecule has 1 N–H and O–H groups in total. The largest absolute Gasteiger partial charge is 0.396 e. The number of rotatable bonds is 4. The van der Waals surface area contributed by atoms with Gasteiger partial charge < -0.3 is 5.11 Å². The maximum absolute atomic E-state index is 12.9. The van der Waals surface area contributed by atoms with Gasteiger partial charge >= 0.3 is 0 Å². The average Bonchev–Trinajstić information content (AvgIpc) is 2.84. The average molecular weight is 316 g/mol. The van der Waals surface area contributed by atoms with E-state index in [1.165, 1.54) is 4.90 Å². The number of hydrogen-bond acceptors (Lipinski definition) is 4. The predicted molar refractivity (Wildman–Crippen MR) is 88.1 cm³/mol. The van der Waals surface area contributed by atoms with Crippen LogP contribution < -0.4 is 4.90 Å². The number of nitrogens with zero attached hydrogens (tertiary/aromatic N) is 2. The lowest BCUT2D eigenvalue weighted by atomic mass is 9.97. The SMILES string of the molecule is Cc1ccc(N2C(=O)C[C@H](N3CCCC[C@@H]3CCO)C2=O)cc1. The molecule has 0 bridgehead atoms. The molecule has 124 valence electrons. The highest BCUT2D eigenvalue weighted by atomic mass is 16.3. The second-order valence-corrected chi connectivity index (χ2v) is 6.52. The van der Waals surface area contributed by atoms with Gasteiger partial charge in [0.25, 0.3) is 5.91 Å². The van der Waals surface area contributed by atoms with Crippen LogP contribution >= 0.6 is 0 Å². The van der Waals surface area contributed by atoms with Gasteiger partial charge in [-0.2, -0.15) is 0 Å². The van der Waals surface area contributed by atoms with Gasteiger partial charge in [0.1, 0.15) is 0 Å². The van der Waals surface area contributed by atoms with E-state index in [0.29, 0.717) is 12.1 Å². The fourth-order valence-corrected chi connectivity index (χ4v) is 3.73. The summed E-state index contributed by atoms with van der Waals surface area (Å²) in [6, 6.07) is 7.32. The van der Waals surface area contributed by atoms with Crippen LogP contribution in [-0.4, -0.2) is 47.1 Å². The molecule has 5 nitrogen and oxygen atoms in total. The maximum atomic E-state index is 12.9. The van der Waals surface area contributed by atoms with Gasteiger partial charge in [0, 0.05) is 12.6 Å². The standard InChI is InChI=1S/C18H24N2O3/c1-13-5-7-15(8-6-13)20-17(22)12-16(18(20)23)19-10-3-2-4-14(19)9-11-21/h5-8,14,16,21H,2-4,9-12H2,1H3/t14-,16+/m1/s1. The molecule has 2 aliphatic rings. The van der Waals surface area contributed by atoms with E-state index in [1.54, 1.807) is 0 Å². The van der Waals surface area contributed by atoms with E-state index >= 15 is 0 Å². The Labute approximate surface area is 136 Å². The van der Waals surface area contributed by atoms with E-state index in [2.05, 4.69) is 4.90 Å². The zero-order valence-corrected chi connectivity index (χ0v) is 13.6. The third kappa shape index (κ3) is 3.16. The minimum atomic E-state index is -0.374. The van der Waals surface area contributed by atoms with Gasteiger partial charge in [-0.15, -0.1) is 0 Å². The van der Waals surface area contributed by atoms with Gasteiger partial charge in [-0.1, -0.05) is 24.1 Å². The summed E-state index contributed by atoms with van der Waals surface area (Å²) in [5.74, 6) is -0.249. The van der Waals surface area contributed by atoms with E-state index in [4.69, 9.17) is 0 Å². The number of carbonyl (C=O) groups is 2. The Morgan fingerprint density at radius 1 is 1.17 bits per heavy atom. The van der Waals surface area contributed by atoms with Gasteiger partial charge in [0.05, 0.1) is 18.2 Å². The van der Waals surface area contributed by atoms with Gasteiger partial charge in [-0.05, 0) is 44.9 Å². The molecule has 3 rings (SSSR count). The number of hydrogen-bond donors (Lipinski definition) is 1. The summed E-state index contributed by atoms with van der Waals surface area (Å²) in [7, 11) is 0. The minimum absolute atomic E-state index is 0.122. The summed E-state index contributed by atoms with van der Waals surface area (Å²) in [4.78, 5) is 28.7. The highest BCUT2D eigenvalue weighted by Crippen LogP contribution is 2.30. The number of carbonyl (C=O) groups excluding carboxylic acids is 2. The summed E-state index contributed by atoms with van der Waals surface area (Å²) in [6.07, 6.45) is 4.07. The van der Waals surface area contributed by atoms with Gasteiger partial charge in [-0.25, -0.2) is 4.90 Å². The lowest BCUT2D eigenvalue weighted by Crippen LogP contribution is -2.50. The molecule has 5 heteroatoms. The Hall–Kier alpha value is -1.72. The molecule has 0 saturated carbocycles. The monoisotopic (exact) mass is 316 g/mol. The zero-order valence-electron chi connectivity index (χ0n) is 13.6. The predicted octanol–water partition coefficient (Wildman–Crippen LogP) is 1.86. The topological polar surface area (TPSA) is 60.9 Å². The van der Waals surface area contributed by atoms with E-state index in [9.17, 15) is 14.7 Å². The van der Waals surface area contributed by atoms with Crippen molar-refractivity contribution < 1.29 is 14.7 Å². The summed E-state index contributed by atoms with van der Waals surface area (Å²) in [6.45, 7) is 2.93. The van der Waals surface area contributed by atoms with E-state index < -0.39 is 0 Å². The fraction of sp³-hybridized carbons (Fsp3) is 0.556. The third-order valence-electron chi connectivity index (χ3n) is 4.95. The van der Waals surface area contributed by atoms with E-state index in [0.717, 1.165) is 31.4 Å². The van der Waals surface area contributed by atoms with E-state index in [-0.39, 0.29) is 36.9 Å². The number of aryl methyl sites for hydroxylation is 1. The normalized spacial score (nSPS) is 26.1. The summed E-state index contributed by atoms with van der Waals surface area (Å²) in [5.41, 5.74) is 1.76. The maximum Gasteiger partial charge on any atom is 0.251 e. The number of aliphatic hydroxyl groups is 1. The van der Waals surface area contributed by atoms with Crippen LogP contribution in [0.3, 0.4) is 0 Å². The molecule has 0 unspecified atom stereocenters. The number of piperidine rings is 1. The molecule has 0 radical (unpaired) electrons. The van der Waals surface area contributed by atoms with Crippen molar-refractivity contribution in [3.8, 4) is 0 Å². The summed E-state index contributed by atoms with van der Waals surface area (Å²) >= 11 is 0. The van der Waals surface area contributed by atoms with Crippen molar-refractivity contribution in [3.05, 3.63) is 29.8 Å². The molecule has 0 spiro atoms. The Balaban J connectivity index is 1.81. The Morgan fingerprint density at radius 3 is 2.61 bits per heavy atom. The van der Waals surface area contributed by atoms with Crippen molar-refractivity contribution in [3.63, 3.8) is 0 Å². The highest BCUT2D eigenvalue weighted by Gasteiger charge is 2.44. The summed E-state index contributed by atoms with van der Waals surface area (Å²) < 4.78 is 0. The quantitative estimate of drug-likeness (QED) is 0.862. The van der Waals surface area contributed by atoms with Crippen LogP contribution in [0.4, 0.5) is 5.69 Å². The van der Waals surface area contributed by atoms with Crippen LogP contribution in [0, 0.1) is 6.92 Å². The number of imide groups is 1. The number of aliphatic hydroxyl groups excluding tert-OH is 1. The lowest BCUT2D eigenvalue weighted by molar-refractivity contribution is -0.123. The molecular weight excluding hydrogens is 292 g/mol. The van der Waals surface area contributed by atoms with Crippen LogP contribution in [0.1, 0.15) is 37.7 Å². The molecule has 1 aromatic carbocycles. The first-order chi connectivity index (χ1) is 11.1.